The predicted molar refractivity (Wildman–Crippen MR) is 143 cm³/mol. The number of carbonyl (C=O) groups is 2. The molecule has 0 radical (unpaired) electrons. The van der Waals surface area contributed by atoms with Gasteiger partial charge in [0.15, 0.2) is 0 Å². The Balaban J connectivity index is 2.00. The highest BCUT2D eigenvalue weighted by Gasteiger charge is 2.61. The number of amides is 2. The predicted octanol–water partition coefficient (Wildman–Crippen LogP) is 7.53. The maximum Gasteiger partial charge on any atom is 0.499 e. The van der Waals surface area contributed by atoms with E-state index in [-0.39, 0.29) is 17.2 Å². The third kappa shape index (κ3) is 7.08. The van der Waals surface area contributed by atoms with Gasteiger partial charge in [0.25, 0.3) is 11.8 Å². The molecule has 2 amide bonds. The van der Waals surface area contributed by atoms with Crippen LogP contribution in [0.25, 0.3) is 0 Å². The van der Waals surface area contributed by atoms with Gasteiger partial charge in [0.05, 0.1) is 16.7 Å². The van der Waals surface area contributed by atoms with E-state index in [2.05, 4.69) is 10.1 Å². The lowest BCUT2D eigenvalue weighted by molar-refractivity contribution is -0.360. The van der Waals surface area contributed by atoms with Crippen LogP contribution in [0.3, 0.4) is 0 Å². The van der Waals surface area contributed by atoms with Gasteiger partial charge in [0, 0.05) is 12.0 Å². The third-order valence-corrected chi connectivity index (χ3v) is 6.80. The fourth-order valence-electron chi connectivity index (χ4n) is 4.62. The van der Waals surface area contributed by atoms with Crippen LogP contribution < -0.4 is 15.8 Å². The fourth-order valence-corrected chi connectivity index (χ4v) is 4.62. The summed E-state index contributed by atoms with van der Waals surface area (Å²) in [6.45, 7) is 0. The Labute approximate surface area is 253 Å². The number of primary amides is 1. The maximum atomic E-state index is 14.6. The number of rotatable bonds is 9. The summed E-state index contributed by atoms with van der Waals surface area (Å²) in [4.78, 5) is 25.7. The van der Waals surface area contributed by atoms with Crippen molar-refractivity contribution in [3.8, 4) is 5.75 Å². The first kappa shape index (κ1) is 33.8. The Morgan fingerprint density at radius 2 is 1.35 bits per heavy atom. The van der Waals surface area contributed by atoms with Crippen LogP contribution >= 0.6 is 0 Å². The van der Waals surface area contributed by atoms with Crippen LogP contribution in [-0.2, 0) is 18.1 Å². The average Bonchev–Trinajstić information content (AvgIpc) is 2.96. The summed E-state index contributed by atoms with van der Waals surface area (Å²) in [6.07, 6.45) is -17.4. The molecule has 0 saturated heterocycles. The van der Waals surface area contributed by atoms with Crippen LogP contribution in [0.2, 0.25) is 0 Å². The molecule has 0 heterocycles. The number of alkyl halides is 8. The number of carbonyl (C=O) groups excluding carboxylic acids is 2. The molecular weight excluding hydrogens is 638 g/mol. The van der Waals surface area contributed by atoms with Crippen molar-refractivity contribution in [2.75, 3.05) is 0 Å². The van der Waals surface area contributed by atoms with Crippen molar-refractivity contribution in [3.05, 3.63) is 136 Å². The van der Waals surface area contributed by atoms with Crippen LogP contribution in [0.4, 0.5) is 43.9 Å². The van der Waals surface area contributed by atoms with E-state index < -0.39 is 76.3 Å². The first-order chi connectivity index (χ1) is 21.3. The van der Waals surface area contributed by atoms with Gasteiger partial charge in [-0.25, -0.2) is 8.78 Å². The zero-order valence-corrected chi connectivity index (χ0v) is 22.9. The van der Waals surface area contributed by atoms with E-state index in [1.54, 1.807) is 18.2 Å². The zero-order chi connectivity index (χ0) is 34.1. The normalized spacial score (nSPS) is 13.5. The van der Waals surface area contributed by atoms with E-state index in [1.165, 1.54) is 12.1 Å². The molecule has 1 unspecified atom stereocenters. The Hall–Kier alpha value is -5.08. The fraction of sp³-hybridized carbons (Fsp3) is 0.161. The number of nitrogens with two attached hydrogens (primary N) is 1. The molecule has 0 aliphatic carbocycles. The third-order valence-electron chi connectivity index (χ3n) is 6.80. The van der Waals surface area contributed by atoms with E-state index in [0.717, 1.165) is 42.5 Å². The van der Waals surface area contributed by atoms with Gasteiger partial charge >= 0.3 is 18.5 Å². The van der Waals surface area contributed by atoms with Crippen molar-refractivity contribution >= 4 is 11.8 Å². The minimum Gasteiger partial charge on any atom is -0.426 e. The topological polar surface area (TPSA) is 81.4 Å². The molecule has 5 nitrogen and oxygen atoms in total. The summed E-state index contributed by atoms with van der Waals surface area (Å²) in [7, 11) is 0. The van der Waals surface area contributed by atoms with Gasteiger partial charge in [-0.3, -0.25) is 9.59 Å². The molecule has 0 aromatic heterocycles. The summed E-state index contributed by atoms with van der Waals surface area (Å²) < 4.78 is 140. The average molecular weight is 658 g/mol. The number of ether oxygens (including phenoxy) is 1. The molecular formula is C31H20F10N2O3. The standard InChI is InChI=1S/C31H20F10N2O3/c32-24-12-10-20(15-22(24)26(42)44)28(16-17-5-2-1-3-6-17,19-7-4-8-21(14-19)46-31(40,41)30(37,38)39)43-27(45)18-9-11-25(33)23(13-18)29(34,35)36/h1-15H,16H2,(H2,42,44)(H,43,45). The van der Waals surface area contributed by atoms with Crippen molar-refractivity contribution in [3.63, 3.8) is 0 Å². The van der Waals surface area contributed by atoms with Gasteiger partial charge in [-0.2, -0.15) is 35.1 Å². The second-order valence-corrected chi connectivity index (χ2v) is 9.92. The highest BCUT2D eigenvalue weighted by atomic mass is 19.4. The molecule has 15 heteroatoms. The number of hydrogen-bond donors (Lipinski definition) is 2. The van der Waals surface area contributed by atoms with Crippen molar-refractivity contribution in [1.29, 1.82) is 0 Å². The smallest absolute Gasteiger partial charge is 0.426 e. The summed E-state index contributed by atoms with van der Waals surface area (Å²) in [5.74, 6) is -6.45. The zero-order valence-electron chi connectivity index (χ0n) is 22.9. The Bertz CT molecular complexity index is 1760. The second-order valence-electron chi connectivity index (χ2n) is 9.92. The lowest BCUT2D eigenvalue weighted by Crippen LogP contribution is -2.49. The first-order valence-corrected chi connectivity index (χ1v) is 12.9. The van der Waals surface area contributed by atoms with Gasteiger partial charge in [0.1, 0.15) is 17.4 Å². The summed E-state index contributed by atoms with van der Waals surface area (Å²) in [6, 6.07) is 15.3. The van der Waals surface area contributed by atoms with E-state index in [1.807, 2.05) is 0 Å². The lowest BCUT2D eigenvalue weighted by atomic mass is 9.77. The SMILES string of the molecule is NC(=O)c1cc(C(Cc2ccccc2)(NC(=O)c2ccc(F)c(C(F)(F)F)c2)c2cccc(OC(F)(F)C(F)(F)F)c2)ccc1F. The maximum absolute atomic E-state index is 14.6. The van der Waals surface area contributed by atoms with Crippen LogP contribution in [0.1, 0.15) is 43.0 Å². The molecule has 0 aliphatic heterocycles. The minimum atomic E-state index is -6.13. The monoisotopic (exact) mass is 658 g/mol. The van der Waals surface area contributed by atoms with Crippen LogP contribution in [0, 0.1) is 11.6 Å². The van der Waals surface area contributed by atoms with Crippen molar-refractivity contribution in [2.45, 2.75) is 30.4 Å². The highest BCUT2D eigenvalue weighted by molar-refractivity contribution is 5.96. The molecule has 0 spiro atoms. The quantitative estimate of drug-likeness (QED) is 0.183. The Kier molecular flexibility index (Phi) is 9.09. The summed E-state index contributed by atoms with van der Waals surface area (Å²) in [5, 5.41) is 2.46. The highest BCUT2D eigenvalue weighted by Crippen LogP contribution is 2.41. The molecule has 4 aromatic rings. The van der Waals surface area contributed by atoms with Crippen LogP contribution in [0.5, 0.6) is 5.75 Å². The van der Waals surface area contributed by atoms with Crippen molar-refractivity contribution < 1.29 is 58.2 Å². The van der Waals surface area contributed by atoms with Gasteiger partial charge in [-0.05, 0) is 59.2 Å². The Morgan fingerprint density at radius 1 is 0.717 bits per heavy atom. The second kappa shape index (κ2) is 12.4. The van der Waals surface area contributed by atoms with Crippen LogP contribution in [-0.4, -0.2) is 24.1 Å². The molecule has 4 aromatic carbocycles. The molecule has 4 rings (SSSR count). The number of halogens is 10. The number of hydrogen-bond acceptors (Lipinski definition) is 3. The molecule has 0 bridgehead atoms. The molecule has 0 fully saturated rings. The van der Waals surface area contributed by atoms with Gasteiger partial charge < -0.3 is 15.8 Å². The summed E-state index contributed by atoms with van der Waals surface area (Å²) in [5.41, 5.74) is -0.243. The number of benzene rings is 4. The Morgan fingerprint density at radius 3 is 1.96 bits per heavy atom. The largest absolute Gasteiger partial charge is 0.499 e. The van der Waals surface area contributed by atoms with E-state index in [9.17, 15) is 53.5 Å². The number of nitrogens with one attached hydrogen (secondary N) is 1. The van der Waals surface area contributed by atoms with Gasteiger partial charge in [0.2, 0.25) is 0 Å². The van der Waals surface area contributed by atoms with Gasteiger partial charge in [-0.15, -0.1) is 0 Å². The van der Waals surface area contributed by atoms with E-state index >= 15 is 0 Å². The van der Waals surface area contributed by atoms with E-state index in [0.29, 0.717) is 17.7 Å². The summed E-state index contributed by atoms with van der Waals surface area (Å²) >= 11 is 0. The molecule has 3 N–H and O–H groups in total. The van der Waals surface area contributed by atoms with Gasteiger partial charge in [-0.1, -0.05) is 48.5 Å². The molecule has 46 heavy (non-hydrogen) atoms. The molecule has 1 atom stereocenters. The molecule has 242 valence electrons. The van der Waals surface area contributed by atoms with Crippen molar-refractivity contribution in [2.24, 2.45) is 5.73 Å². The lowest BCUT2D eigenvalue weighted by Gasteiger charge is -2.37. The van der Waals surface area contributed by atoms with E-state index in [4.69, 9.17) is 5.73 Å². The first-order valence-electron chi connectivity index (χ1n) is 12.9. The minimum absolute atomic E-state index is 0.196. The van der Waals surface area contributed by atoms with Crippen LogP contribution in [0.15, 0.2) is 91.0 Å². The molecule has 0 saturated carbocycles. The van der Waals surface area contributed by atoms with Crippen molar-refractivity contribution in [1.82, 2.24) is 5.32 Å². The molecule has 0 aliphatic rings.